The summed E-state index contributed by atoms with van der Waals surface area (Å²) in [4.78, 5) is 0. The molecule has 5 nitrogen and oxygen atoms in total. The van der Waals surface area contributed by atoms with E-state index >= 15 is 0 Å². The van der Waals surface area contributed by atoms with Crippen LogP contribution in [0.1, 0.15) is 0 Å². The van der Waals surface area contributed by atoms with E-state index in [1.807, 2.05) is 0 Å². The second kappa shape index (κ2) is 174. The van der Waals surface area contributed by atoms with Crippen molar-refractivity contribution in [2.24, 2.45) is 0 Å². The Bertz CT molecular complexity index is 10.4. The average Bonchev–Trinajstić information content (AvgIpc) is 0. The van der Waals surface area contributed by atoms with Gasteiger partial charge in [0, 0.05) is 0 Å². The molecule has 40 valence electrons. The molecule has 8 heavy (non-hydrogen) atoms. The predicted molar refractivity (Wildman–Crippen MR) is 14.9 cm³/mol. The second-order valence-electron chi connectivity index (χ2n) is 0. The topological polar surface area (TPSA) is 142 Å². The number of hydrogen-bond acceptors (Lipinski definition) is 0. The summed E-state index contributed by atoms with van der Waals surface area (Å²) in [7, 11) is 0. The van der Waals surface area contributed by atoms with E-state index in [0.29, 0.717) is 0 Å². The second-order valence-corrected chi connectivity index (χ2v) is 0. The molecule has 0 aliphatic rings. The van der Waals surface area contributed by atoms with Crippen LogP contribution in [0.15, 0.2) is 0 Å². The van der Waals surface area contributed by atoms with Crippen LogP contribution < -0.4 is 0 Å². The maximum absolute atomic E-state index is 0. The molecule has 0 fully saturated rings. The van der Waals surface area contributed by atoms with Gasteiger partial charge in [0.2, 0.25) is 0 Å². The molecule has 0 aromatic heterocycles. The Morgan fingerprint density at radius 2 is 0.375 bits per heavy atom. The molecule has 0 aromatic carbocycles. The monoisotopic (exact) mass is 314 g/mol. The first-order valence-corrected chi connectivity index (χ1v) is 0. The molecule has 0 aromatic rings. The molecular weight excluding hydrogens is 312 g/mol. The van der Waals surface area contributed by atoms with Gasteiger partial charge in [0.15, 0.2) is 0 Å². The molecule has 0 aliphatic heterocycles. The zero-order valence-corrected chi connectivity index (χ0v) is 9.60. The van der Waals surface area contributed by atoms with Crippen LogP contribution in [0.3, 0.4) is 0 Å². The van der Waals surface area contributed by atoms with E-state index < -0.39 is 0 Å². The van der Waals surface area contributed by atoms with E-state index in [2.05, 4.69) is 0 Å². The average molecular weight is 312 g/mol. The molecule has 0 aliphatic carbocycles. The van der Waals surface area contributed by atoms with Crippen LogP contribution in [-0.4, -0.2) is 34.7 Å². The van der Waals surface area contributed by atoms with Gasteiger partial charge in [-0.05, 0) is 0 Å². The summed E-state index contributed by atoms with van der Waals surface area (Å²) >= 11 is 0. The Labute approximate surface area is 87.4 Å². The van der Waals surface area contributed by atoms with Gasteiger partial charge in [0.25, 0.3) is 0 Å². The quantitative estimate of drug-likeness (QED) is 0.487. The molecule has 0 saturated heterocycles. The van der Waals surface area contributed by atoms with E-state index in [1.165, 1.54) is 0 Å². The van der Waals surface area contributed by atoms with Gasteiger partial charge < -0.3 is 27.4 Å². The van der Waals surface area contributed by atoms with Crippen molar-refractivity contribution in [3.05, 3.63) is 0 Å². The van der Waals surface area contributed by atoms with Crippen LogP contribution in [-0.2, 0) is 53.2 Å². The van der Waals surface area contributed by atoms with Crippen LogP contribution >= 0.6 is 0 Å². The predicted octanol–water partition coefficient (Wildman–Crippen LogP) is -1.36. The fourth-order valence-corrected chi connectivity index (χ4v) is 0. The van der Waals surface area contributed by atoms with E-state index in [-0.39, 0.29) is 87.9 Å². The van der Waals surface area contributed by atoms with E-state index in [0.717, 1.165) is 0 Å². The molecule has 0 radical (unpaired) electrons. The van der Waals surface area contributed by atoms with E-state index in [4.69, 9.17) is 0 Å². The molecule has 0 atom stereocenters. The minimum absolute atomic E-state index is 0. The van der Waals surface area contributed by atoms with Crippen molar-refractivity contribution >= 4 is 34.7 Å². The van der Waals surface area contributed by atoms with Crippen LogP contribution in [0.25, 0.3) is 0 Å². The molecule has 8 heteroatoms. The minimum Gasteiger partial charge on any atom is -2.00 e. The largest absolute Gasteiger partial charge is 4.00 e. The van der Waals surface area contributed by atoms with Gasteiger partial charge in [0.1, 0.15) is 0 Å². The number of hydrogen-bond donors (Lipinski definition) is 0. The molecule has 0 amide bonds. The first-order chi connectivity index (χ1) is 0. The van der Waals surface area contributed by atoms with Crippen LogP contribution in [0.2, 0.25) is 0 Å². The van der Waals surface area contributed by atoms with Crippen LogP contribution in [0.4, 0.5) is 0 Å². The summed E-state index contributed by atoms with van der Waals surface area (Å²) in [5, 5.41) is 0. The Morgan fingerprint density at radius 3 is 0.375 bits per heavy atom. The summed E-state index contributed by atoms with van der Waals surface area (Å²) in [6.07, 6.45) is 0. The van der Waals surface area contributed by atoms with Gasteiger partial charge in [-0.3, -0.25) is 0 Å². The molecule has 0 N–H and O–H groups in total. The normalized spacial score (nSPS) is 0. The summed E-state index contributed by atoms with van der Waals surface area (Å²) in [5.74, 6) is 0. The third-order valence-corrected chi connectivity index (χ3v) is 0. The van der Waals surface area contributed by atoms with Gasteiger partial charge in [-0.1, -0.05) is 0 Å². The maximum Gasteiger partial charge on any atom is 4.00 e. The summed E-state index contributed by atoms with van der Waals surface area (Å²) in [6.45, 7) is 0. The molecule has 0 unspecified atom stereocenters. The fourth-order valence-electron chi connectivity index (χ4n) is 0. The molecule has 0 bridgehead atoms. The maximum atomic E-state index is 0. The van der Waals surface area contributed by atoms with Crippen molar-refractivity contribution in [2.75, 3.05) is 0 Å². The summed E-state index contributed by atoms with van der Waals surface area (Å²) in [5.41, 5.74) is 0. The van der Waals surface area contributed by atoms with Crippen molar-refractivity contribution in [3.63, 3.8) is 0 Å². The van der Waals surface area contributed by atoms with Gasteiger partial charge in [-0.25, -0.2) is 0 Å². The van der Waals surface area contributed by atoms with Crippen molar-refractivity contribution in [3.8, 4) is 0 Å². The molecule has 0 saturated carbocycles. The molecule has 0 rings (SSSR count). The van der Waals surface area contributed by atoms with Gasteiger partial charge >= 0.3 is 60.6 Å². The SMILES string of the molecule is [Al+3].[Al+3].[Hf+4].[O-2].[O-2].[O-2].[O-2].[O-2]. The molecule has 0 heterocycles. The first-order valence-electron chi connectivity index (χ1n) is 0. The Kier molecular flexibility index (Phi) is 5350. The number of rotatable bonds is 0. The Balaban J connectivity index is 0. The standard InChI is InChI=1S/2Al.Hf.5O/q2*+3;+4;5*-2. The first kappa shape index (κ1) is 247. The van der Waals surface area contributed by atoms with E-state index in [1.54, 1.807) is 0 Å². The Hall–Kier alpha value is 1.74. The summed E-state index contributed by atoms with van der Waals surface area (Å²) in [6, 6.07) is 0. The van der Waals surface area contributed by atoms with Crippen LogP contribution in [0.5, 0.6) is 0 Å². The molecular formula is Al2HfO5. The third kappa shape index (κ3) is 117. The third-order valence-electron chi connectivity index (χ3n) is 0. The van der Waals surface area contributed by atoms with Crippen molar-refractivity contribution in [1.29, 1.82) is 0 Å². The Morgan fingerprint density at radius 1 is 0.375 bits per heavy atom. The van der Waals surface area contributed by atoms with Crippen molar-refractivity contribution < 1.29 is 53.2 Å². The molecule has 0 spiro atoms. The van der Waals surface area contributed by atoms with Crippen molar-refractivity contribution in [1.82, 2.24) is 0 Å². The minimum atomic E-state index is 0. The zero-order valence-electron chi connectivity index (χ0n) is 3.70. The van der Waals surface area contributed by atoms with Gasteiger partial charge in [0.05, 0.1) is 0 Å². The van der Waals surface area contributed by atoms with Gasteiger partial charge in [-0.2, -0.15) is 0 Å². The van der Waals surface area contributed by atoms with Crippen molar-refractivity contribution in [2.45, 2.75) is 0 Å². The summed E-state index contributed by atoms with van der Waals surface area (Å²) < 4.78 is 0. The van der Waals surface area contributed by atoms with Crippen LogP contribution in [0, 0.1) is 0 Å². The smallest absolute Gasteiger partial charge is 2.00 e. The zero-order chi connectivity index (χ0) is 0. The van der Waals surface area contributed by atoms with Gasteiger partial charge in [-0.15, -0.1) is 0 Å². The fraction of sp³-hybridized carbons (Fsp3) is 0. The van der Waals surface area contributed by atoms with E-state index in [9.17, 15) is 0 Å².